The maximum absolute atomic E-state index is 13.3. The minimum absolute atomic E-state index is 0.311. The van der Waals surface area contributed by atoms with Crippen molar-refractivity contribution in [3.8, 4) is 17.3 Å². The minimum atomic E-state index is -0.311. The van der Waals surface area contributed by atoms with Gasteiger partial charge in [-0.05, 0) is 43.3 Å². The molecular formula is C21H21FN4O2. The van der Waals surface area contributed by atoms with E-state index < -0.39 is 0 Å². The number of para-hydroxylation sites is 1. The first-order chi connectivity index (χ1) is 13.7. The van der Waals surface area contributed by atoms with Crippen molar-refractivity contribution in [3.63, 3.8) is 0 Å². The molecule has 0 atom stereocenters. The van der Waals surface area contributed by atoms with Crippen LogP contribution in [0.3, 0.4) is 0 Å². The third kappa shape index (κ3) is 4.04. The lowest BCUT2D eigenvalue weighted by atomic mass is 10.2. The van der Waals surface area contributed by atoms with E-state index in [9.17, 15) is 4.39 Å². The molecular weight excluding hydrogens is 359 g/mol. The Balaban J connectivity index is 1.72. The van der Waals surface area contributed by atoms with Crippen LogP contribution in [-0.2, 0) is 4.74 Å². The van der Waals surface area contributed by atoms with E-state index in [0.717, 1.165) is 30.0 Å². The predicted octanol–water partition coefficient (Wildman–Crippen LogP) is 3.78. The SMILES string of the molecule is Cc1nn(-c2ccccc2)c(Oc2ccc(F)cc2)c1/C=N/N1CCOCC1. The highest BCUT2D eigenvalue weighted by molar-refractivity contribution is 5.84. The second-order valence-corrected chi connectivity index (χ2v) is 6.42. The number of aromatic nitrogens is 2. The molecule has 0 radical (unpaired) electrons. The van der Waals surface area contributed by atoms with Gasteiger partial charge in [0.2, 0.25) is 5.88 Å². The molecule has 1 saturated heterocycles. The quantitative estimate of drug-likeness (QED) is 0.632. The summed E-state index contributed by atoms with van der Waals surface area (Å²) < 4.78 is 26.5. The molecule has 0 bridgehead atoms. The average molecular weight is 380 g/mol. The van der Waals surface area contributed by atoms with Gasteiger partial charge in [-0.3, -0.25) is 5.01 Å². The van der Waals surface area contributed by atoms with Gasteiger partial charge in [0.05, 0.1) is 49.5 Å². The highest BCUT2D eigenvalue weighted by atomic mass is 19.1. The van der Waals surface area contributed by atoms with Crippen molar-refractivity contribution < 1.29 is 13.9 Å². The first kappa shape index (κ1) is 18.2. The number of nitrogens with zero attached hydrogens (tertiary/aromatic N) is 4. The number of morpholine rings is 1. The van der Waals surface area contributed by atoms with Crippen LogP contribution >= 0.6 is 0 Å². The van der Waals surface area contributed by atoms with E-state index in [0.29, 0.717) is 24.8 Å². The van der Waals surface area contributed by atoms with E-state index >= 15 is 0 Å². The summed E-state index contributed by atoms with van der Waals surface area (Å²) in [7, 11) is 0. The summed E-state index contributed by atoms with van der Waals surface area (Å²) >= 11 is 0. The van der Waals surface area contributed by atoms with Gasteiger partial charge in [-0.15, -0.1) is 0 Å². The zero-order valence-corrected chi connectivity index (χ0v) is 15.6. The fourth-order valence-corrected chi connectivity index (χ4v) is 2.93. The molecule has 144 valence electrons. The lowest BCUT2D eigenvalue weighted by molar-refractivity contribution is 0.0397. The molecule has 1 fully saturated rings. The second-order valence-electron chi connectivity index (χ2n) is 6.42. The number of ether oxygens (including phenoxy) is 2. The van der Waals surface area contributed by atoms with Crippen molar-refractivity contribution in [2.75, 3.05) is 26.3 Å². The summed E-state index contributed by atoms with van der Waals surface area (Å²) in [6.07, 6.45) is 1.77. The Labute approximate surface area is 162 Å². The van der Waals surface area contributed by atoms with E-state index in [1.807, 2.05) is 42.3 Å². The van der Waals surface area contributed by atoms with E-state index in [1.54, 1.807) is 23.0 Å². The number of rotatable bonds is 5. The highest BCUT2D eigenvalue weighted by Crippen LogP contribution is 2.29. The minimum Gasteiger partial charge on any atom is -0.438 e. The zero-order valence-electron chi connectivity index (χ0n) is 15.6. The van der Waals surface area contributed by atoms with Gasteiger partial charge < -0.3 is 9.47 Å². The summed E-state index contributed by atoms with van der Waals surface area (Å²) in [6, 6.07) is 15.7. The van der Waals surface area contributed by atoms with Gasteiger partial charge in [-0.25, -0.2) is 4.39 Å². The summed E-state index contributed by atoms with van der Waals surface area (Å²) in [5.41, 5.74) is 2.44. The standard InChI is InChI=1S/C21H21FN4O2/c1-16-20(15-23-25-11-13-27-14-12-25)21(28-19-9-7-17(22)8-10-19)26(24-16)18-5-3-2-4-6-18/h2-10,15H,11-14H2,1H3/b23-15+. The van der Waals surface area contributed by atoms with Gasteiger partial charge in [0.15, 0.2) is 0 Å². The molecule has 7 heteroatoms. The molecule has 1 aliphatic rings. The monoisotopic (exact) mass is 380 g/mol. The predicted molar refractivity (Wildman–Crippen MR) is 105 cm³/mol. The highest BCUT2D eigenvalue weighted by Gasteiger charge is 2.18. The van der Waals surface area contributed by atoms with Crippen molar-refractivity contribution >= 4 is 6.21 Å². The first-order valence-corrected chi connectivity index (χ1v) is 9.16. The van der Waals surface area contributed by atoms with Crippen LogP contribution in [0.15, 0.2) is 59.7 Å². The molecule has 2 heterocycles. The second kappa shape index (κ2) is 8.22. The Morgan fingerprint density at radius 3 is 2.50 bits per heavy atom. The zero-order chi connectivity index (χ0) is 19.3. The summed E-state index contributed by atoms with van der Waals surface area (Å²) in [4.78, 5) is 0. The van der Waals surface area contributed by atoms with Crippen molar-refractivity contribution in [1.82, 2.24) is 14.8 Å². The number of aryl methyl sites for hydroxylation is 1. The fraction of sp³-hybridized carbons (Fsp3) is 0.238. The number of hydrazone groups is 1. The lowest BCUT2D eigenvalue weighted by Gasteiger charge is -2.23. The Bertz CT molecular complexity index is 949. The van der Waals surface area contributed by atoms with Crippen LogP contribution in [0, 0.1) is 12.7 Å². The smallest absolute Gasteiger partial charge is 0.231 e. The van der Waals surface area contributed by atoms with Crippen LogP contribution in [0.2, 0.25) is 0 Å². The lowest BCUT2D eigenvalue weighted by Crippen LogP contribution is -2.32. The van der Waals surface area contributed by atoms with E-state index in [2.05, 4.69) is 10.2 Å². The normalized spacial score (nSPS) is 14.6. The van der Waals surface area contributed by atoms with E-state index in [-0.39, 0.29) is 5.82 Å². The van der Waals surface area contributed by atoms with Crippen LogP contribution in [0.4, 0.5) is 4.39 Å². The van der Waals surface area contributed by atoms with Gasteiger partial charge in [-0.1, -0.05) is 18.2 Å². The van der Waals surface area contributed by atoms with Crippen LogP contribution in [0.5, 0.6) is 11.6 Å². The largest absolute Gasteiger partial charge is 0.438 e. The molecule has 0 amide bonds. The summed E-state index contributed by atoms with van der Waals surface area (Å²) in [5.74, 6) is 0.751. The fourth-order valence-electron chi connectivity index (χ4n) is 2.93. The van der Waals surface area contributed by atoms with Gasteiger partial charge in [0.1, 0.15) is 11.6 Å². The van der Waals surface area contributed by atoms with Gasteiger partial charge in [-0.2, -0.15) is 14.9 Å². The van der Waals surface area contributed by atoms with Crippen molar-refractivity contribution in [2.24, 2.45) is 5.10 Å². The number of hydrogen-bond acceptors (Lipinski definition) is 5. The van der Waals surface area contributed by atoms with Gasteiger partial charge in [0.25, 0.3) is 0 Å². The van der Waals surface area contributed by atoms with Crippen LogP contribution < -0.4 is 4.74 Å². The molecule has 0 unspecified atom stereocenters. The third-order valence-corrected chi connectivity index (χ3v) is 4.43. The number of hydrogen-bond donors (Lipinski definition) is 0. The number of benzene rings is 2. The summed E-state index contributed by atoms with van der Waals surface area (Å²) in [6.45, 7) is 4.74. The maximum Gasteiger partial charge on any atom is 0.231 e. The van der Waals surface area contributed by atoms with Crippen molar-refractivity contribution in [3.05, 3.63) is 71.7 Å². The summed E-state index contributed by atoms with van der Waals surface area (Å²) in [5, 5.41) is 11.2. The Morgan fingerprint density at radius 2 is 1.79 bits per heavy atom. The molecule has 6 nitrogen and oxygen atoms in total. The van der Waals surface area contributed by atoms with Crippen LogP contribution in [-0.4, -0.2) is 47.3 Å². The molecule has 0 saturated carbocycles. The Hall–Kier alpha value is -3.19. The molecule has 3 aromatic rings. The Morgan fingerprint density at radius 1 is 1.07 bits per heavy atom. The van der Waals surface area contributed by atoms with Gasteiger partial charge >= 0.3 is 0 Å². The molecule has 4 rings (SSSR count). The molecule has 0 spiro atoms. The molecule has 28 heavy (non-hydrogen) atoms. The van der Waals surface area contributed by atoms with Crippen molar-refractivity contribution in [1.29, 1.82) is 0 Å². The Kier molecular flexibility index (Phi) is 5.34. The van der Waals surface area contributed by atoms with E-state index in [1.165, 1.54) is 12.1 Å². The molecule has 0 N–H and O–H groups in total. The first-order valence-electron chi connectivity index (χ1n) is 9.16. The van der Waals surface area contributed by atoms with Crippen molar-refractivity contribution in [2.45, 2.75) is 6.92 Å². The molecule has 2 aromatic carbocycles. The maximum atomic E-state index is 13.3. The number of halogens is 1. The molecule has 0 aliphatic carbocycles. The topological polar surface area (TPSA) is 51.9 Å². The van der Waals surface area contributed by atoms with Crippen LogP contribution in [0.25, 0.3) is 5.69 Å². The molecule has 1 aromatic heterocycles. The van der Waals surface area contributed by atoms with Crippen LogP contribution in [0.1, 0.15) is 11.3 Å². The molecule has 1 aliphatic heterocycles. The van der Waals surface area contributed by atoms with E-state index in [4.69, 9.17) is 9.47 Å². The average Bonchev–Trinajstić information content (AvgIpc) is 3.05. The third-order valence-electron chi connectivity index (χ3n) is 4.43. The van der Waals surface area contributed by atoms with Gasteiger partial charge in [0, 0.05) is 0 Å².